The van der Waals surface area contributed by atoms with Gasteiger partial charge >= 0.3 is 0 Å². The molecule has 1 aromatic rings. The third-order valence-electron chi connectivity index (χ3n) is 2.58. The molecule has 0 saturated heterocycles. The first kappa shape index (κ1) is 12.7. The van der Waals surface area contributed by atoms with Gasteiger partial charge in [-0.25, -0.2) is 4.98 Å². The van der Waals surface area contributed by atoms with Crippen molar-refractivity contribution < 1.29 is 4.79 Å². The van der Waals surface area contributed by atoms with Crippen LogP contribution in [0.25, 0.3) is 0 Å². The Morgan fingerprint density at radius 2 is 2.25 bits per heavy atom. The molecule has 0 fully saturated rings. The van der Waals surface area contributed by atoms with Crippen molar-refractivity contribution in [2.24, 2.45) is 5.73 Å². The number of nitrogens with two attached hydrogens (primary N) is 1. The van der Waals surface area contributed by atoms with Crippen molar-refractivity contribution in [3.63, 3.8) is 0 Å². The summed E-state index contributed by atoms with van der Waals surface area (Å²) in [5, 5.41) is 0. The van der Waals surface area contributed by atoms with E-state index in [2.05, 4.69) is 4.98 Å². The number of amides is 1. The third kappa shape index (κ3) is 2.82. The molecule has 0 spiro atoms. The average molecular weight is 224 g/mol. The minimum Gasteiger partial charge on any atom is -0.344 e. The topological polar surface area (TPSA) is 64.2 Å². The summed E-state index contributed by atoms with van der Waals surface area (Å²) in [6.45, 7) is 6.73. The number of nitrogens with zero attached hydrogens (tertiary/aromatic N) is 3. The maximum absolute atomic E-state index is 11.8. The van der Waals surface area contributed by atoms with Gasteiger partial charge in [-0.1, -0.05) is 0 Å². The molecule has 0 atom stereocenters. The van der Waals surface area contributed by atoms with E-state index in [1.165, 1.54) is 0 Å². The van der Waals surface area contributed by atoms with Gasteiger partial charge in [0.05, 0.1) is 17.6 Å². The molecule has 0 aromatic carbocycles. The number of carbonyl (C=O) groups excluding carboxylic acids is 1. The first-order valence-corrected chi connectivity index (χ1v) is 5.39. The normalized spacial score (nSPS) is 11.6. The maximum Gasteiger partial charge on any atom is 0.242 e. The van der Waals surface area contributed by atoms with Crippen LogP contribution in [0.15, 0.2) is 12.5 Å². The van der Waals surface area contributed by atoms with Crippen molar-refractivity contribution in [3.05, 3.63) is 18.2 Å². The first-order valence-electron chi connectivity index (χ1n) is 5.39. The lowest BCUT2D eigenvalue weighted by atomic mass is 10.0. The van der Waals surface area contributed by atoms with Gasteiger partial charge in [0.25, 0.3) is 0 Å². The van der Waals surface area contributed by atoms with E-state index >= 15 is 0 Å². The summed E-state index contributed by atoms with van der Waals surface area (Å²) in [6, 6.07) is 0. The number of carbonyl (C=O) groups is 1. The Morgan fingerprint density at radius 1 is 1.62 bits per heavy atom. The highest BCUT2D eigenvalue weighted by Gasteiger charge is 2.20. The summed E-state index contributed by atoms with van der Waals surface area (Å²) in [5.74, 6) is 0.0611. The summed E-state index contributed by atoms with van der Waals surface area (Å²) in [5.41, 5.74) is 6.38. The lowest BCUT2D eigenvalue weighted by Crippen LogP contribution is -2.35. The molecule has 1 heterocycles. The summed E-state index contributed by atoms with van der Waals surface area (Å²) < 4.78 is 1.80. The van der Waals surface area contributed by atoms with Gasteiger partial charge in [-0.2, -0.15) is 0 Å². The van der Waals surface area contributed by atoms with Gasteiger partial charge in [0.2, 0.25) is 5.91 Å². The third-order valence-corrected chi connectivity index (χ3v) is 2.58. The number of hydrogen-bond acceptors (Lipinski definition) is 3. The zero-order valence-corrected chi connectivity index (χ0v) is 10.4. The Morgan fingerprint density at radius 3 is 2.75 bits per heavy atom. The van der Waals surface area contributed by atoms with Crippen molar-refractivity contribution in [3.8, 4) is 0 Å². The molecule has 2 N–H and O–H groups in total. The first-order chi connectivity index (χ1) is 7.36. The monoisotopic (exact) mass is 224 g/mol. The van der Waals surface area contributed by atoms with Crippen molar-refractivity contribution in [1.82, 2.24) is 14.5 Å². The highest BCUT2D eigenvalue weighted by molar-refractivity contribution is 5.75. The predicted octanol–water partition coefficient (Wildman–Crippen LogP) is 0.555. The van der Waals surface area contributed by atoms with Gasteiger partial charge in [0, 0.05) is 19.8 Å². The Kier molecular flexibility index (Phi) is 3.70. The lowest BCUT2D eigenvalue weighted by molar-refractivity contribution is -0.130. The molecule has 0 aliphatic rings. The molecule has 0 saturated carbocycles. The second kappa shape index (κ2) is 4.65. The van der Waals surface area contributed by atoms with E-state index in [4.69, 9.17) is 5.73 Å². The van der Waals surface area contributed by atoms with Crippen LogP contribution < -0.4 is 5.73 Å². The van der Waals surface area contributed by atoms with Crippen LogP contribution in [0, 0.1) is 0 Å². The van der Waals surface area contributed by atoms with Gasteiger partial charge in [-0.05, 0) is 20.8 Å². The second-order valence-corrected chi connectivity index (χ2v) is 4.54. The fraction of sp³-hybridized carbons (Fsp3) is 0.636. The molecule has 1 rings (SSSR count). The lowest BCUT2D eigenvalue weighted by Gasteiger charge is -2.22. The van der Waals surface area contributed by atoms with Gasteiger partial charge in [-0.3, -0.25) is 4.79 Å². The van der Waals surface area contributed by atoms with Gasteiger partial charge in [-0.15, -0.1) is 0 Å². The average Bonchev–Trinajstić information content (AvgIpc) is 2.63. The van der Waals surface area contributed by atoms with E-state index < -0.39 is 5.54 Å². The highest BCUT2D eigenvalue weighted by Crippen LogP contribution is 2.15. The molecule has 0 aliphatic carbocycles. The number of likely N-dealkylation sites (N-methyl/N-ethyl adjacent to an activating group) is 1. The maximum atomic E-state index is 11.8. The van der Waals surface area contributed by atoms with E-state index in [1.54, 1.807) is 29.0 Å². The highest BCUT2D eigenvalue weighted by atomic mass is 16.2. The minimum absolute atomic E-state index is 0.0611. The molecule has 0 aliphatic heterocycles. The number of imidazole rings is 1. The molecule has 1 aromatic heterocycles. The summed E-state index contributed by atoms with van der Waals surface area (Å²) >= 11 is 0. The molecule has 0 unspecified atom stereocenters. The molecular weight excluding hydrogens is 204 g/mol. The summed E-state index contributed by atoms with van der Waals surface area (Å²) in [4.78, 5) is 17.5. The van der Waals surface area contributed by atoms with E-state index in [0.29, 0.717) is 13.1 Å². The van der Waals surface area contributed by atoms with Gasteiger partial charge in [0.1, 0.15) is 6.54 Å². The van der Waals surface area contributed by atoms with Crippen LogP contribution in [0.5, 0.6) is 0 Å². The standard InChI is InChI=1S/C11H20N4O/c1-5-14(4)10(16)7-15-8-13-6-9(15)11(2,3)12/h6,8H,5,7,12H2,1-4H3. The smallest absolute Gasteiger partial charge is 0.242 e. The molecule has 0 radical (unpaired) electrons. The Hall–Kier alpha value is -1.36. The van der Waals surface area contributed by atoms with Crippen LogP contribution in [0.2, 0.25) is 0 Å². The molecule has 5 heteroatoms. The Bertz CT molecular complexity index is 364. The fourth-order valence-electron chi connectivity index (χ4n) is 1.43. The van der Waals surface area contributed by atoms with Gasteiger partial charge in [0.15, 0.2) is 0 Å². The number of rotatable bonds is 4. The minimum atomic E-state index is -0.485. The molecule has 16 heavy (non-hydrogen) atoms. The number of aromatic nitrogens is 2. The fourth-order valence-corrected chi connectivity index (χ4v) is 1.43. The van der Waals surface area contributed by atoms with Crippen LogP contribution in [0.4, 0.5) is 0 Å². The van der Waals surface area contributed by atoms with Crippen LogP contribution in [-0.2, 0) is 16.9 Å². The predicted molar refractivity (Wildman–Crippen MR) is 62.8 cm³/mol. The Labute approximate surface area is 96.3 Å². The second-order valence-electron chi connectivity index (χ2n) is 4.54. The number of hydrogen-bond donors (Lipinski definition) is 1. The SMILES string of the molecule is CCN(C)C(=O)Cn1cncc1C(C)(C)N. The van der Waals surface area contributed by atoms with Crippen LogP contribution in [0.3, 0.4) is 0 Å². The van der Waals surface area contributed by atoms with E-state index in [0.717, 1.165) is 5.69 Å². The van der Waals surface area contributed by atoms with Crippen molar-refractivity contribution in [2.45, 2.75) is 32.9 Å². The zero-order chi connectivity index (χ0) is 12.3. The zero-order valence-electron chi connectivity index (χ0n) is 10.4. The Balaban J connectivity index is 2.83. The molecule has 5 nitrogen and oxygen atoms in total. The molecule has 90 valence electrons. The molecule has 1 amide bonds. The van der Waals surface area contributed by atoms with Crippen molar-refractivity contribution in [2.75, 3.05) is 13.6 Å². The largest absolute Gasteiger partial charge is 0.344 e. The van der Waals surface area contributed by atoms with Crippen molar-refractivity contribution in [1.29, 1.82) is 0 Å². The van der Waals surface area contributed by atoms with Gasteiger partial charge < -0.3 is 15.2 Å². The van der Waals surface area contributed by atoms with Crippen LogP contribution in [-0.4, -0.2) is 34.0 Å². The quantitative estimate of drug-likeness (QED) is 0.812. The van der Waals surface area contributed by atoms with Crippen LogP contribution >= 0.6 is 0 Å². The van der Waals surface area contributed by atoms with E-state index in [9.17, 15) is 4.79 Å². The summed E-state index contributed by atoms with van der Waals surface area (Å²) in [6.07, 6.45) is 3.35. The molecular formula is C11H20N4O. The van der Waals surface area contributed by atoms with E-state index in [-0.39, 0.29) is 5.91 Å². The van der Waals surface area contributed by atoms with Crippen LogP contribution in [0.1, 0.15) is 26.5 Å². The summed E-state index contributed by atoms with van der Waals surface area (Å²) in [7, 11) is 1.78. The van der Waals surface area contributed by atoms with E-state index in [1.807, 2.05) is 20.8 Å². The van der Waals surface area contributed by atoms with Crippen molar-refractivity contribution >= 4 is 5.91 Å². The molecule has 0 bridgehead atoms.